The minimum Gasteiger partial charge on any atom is -0.461 e. The van der Waals surface area contributed by atoms with E-state index in [0.717, 1.165) is 0 Å². The number of rotatable bonds is 4. The molecular weight excluding hydrogens is 270 g/mol. The lowest BCUT2D eigenvalue weighted by molar-refractivity contribution is -0.135. The highest BCUT2D eigenvalue weighted by molar-refractivity contribution is 6.53. The van der Waals surface area contributed by atoms with Crippen LogP contribution in [0.5, 0.6) is 0 Å². The molecule has 6 nitrogen and oxygen atoms in total. The lowest BCUT2D eigenvalue weighted by Crippen LogP contribution is -2.24. The maximum absolute atomic E-state index is 12.5. The largest absolute Gasteiger partial charge is 0.461 e. The van der Waals surface area contributed by atoms with E-state index in [2.05, 4.69) is 5.10 Å². The maximum Gasteiger partial charge on any atom is 0.359 e. The normalized spacial score (nSPS) is 16.1. The number of nitrogens with zero attached hydrogens (tertiary/aromatic N) is 3. The van der Waals surface area contributed by atoms with Crippen molar-refractivity contribution in [3.63, 3.8) is 0 Å². The molecule has 1 heterocycles. The smallest absolute Gasteiger partial charge is 0.359 e. The number of carbonyl (C=O) groups excluding carboxylic acids is 2. The van der Waals surface area contributed by atoms with Gasteiger partial charge >= 0.3 is 5.97 Å². The number of amides is 1. The first kappa shape index (κ1) is 14.8. The molecule has 21 heavy (non-hydrogen) atoms. The average Bonchev–Trinajstić information content (AvgIpc) is 2.77. The highest BCUT2D eigenvalue weighted by Gasteiger charge is 2.36. The molecule has 0 fully saturated rings. The molecule has 1 aromatic carbocycles. The molecule has 0 aliphatic carbocycles. The average molecular weight is 287 g/mol. The van der Waals surface area contributed by atoms with Gasteiger partial charge in [0, 0.05) is 20.3 Å². The summed E-state index contributed by atoms with van der Waals surface area (Å²) in [5.74, 6) is -0.949. The summed E-state index contributed by atoms with van der Waals surface area (Å²) in [5.41, 5.74) is 0.855. The minimum absolute atomic E-state index is 0.0272. The van der Waals surface area contributed by atoms with E-state index in [1.54, 1.807) is 56.4 Å². The fraction of sp³-hybridized carbons (Fsp3) is 0.267. The van der Waals surface area contributed by atoms with Gasteiger partial charge in [-0.1, -0.05) is 18.2 Å². The fourth-order valence-corrected chi connectivity index (χ4v) is 1.88. The Hall–Kier alpha value is -2.63. The van der Waals surface area contributed by atoms with E-state index in [1.165, 1.54) is 5.01 Å². The van der Waals surface area contributed by atoms with Crippen LogP contribution in [0.25, 0.3) is 0 Å². The summed E-state index contributed by atoms with van der Waals surface area (Å²) in [5, 5.41) is 5.33. The molecule has 1 aromatic rings. The lowest BCUT2D eigenvalue weighted by Gasteiger charge is -2.11. The number of hydrogen-bond donors (Lipinski definition) is 0. The Morgan fingerprint density at radius 3 is 2.57 bits per heavy atom. The number of carbonyl (C=O) groups is 2. The molecule has 1 aliphatic rings. The Morgan fingerprint density at radius 2 is 2.00 bits per heavy atom. The van der Waals surface area contributed by atoms with Crippen LogP contribution in [0.2, 0.25) is 0 Å². The summed E-state index contributed by atoms with van der Waals surface area (Å²) in [6, 6.07) is 8.95. The molecule has 1 aliphatic heterocycles. The standard InChI is InChI=1S/C15H17N3O3/c1-4-21-15(20)13-12(10-17(2)3)14(19)18(16-13)11-8-6-5-7-9-11/h5-10H,4H2,1-3H3/b12-10-. The Bertz CT molecular complexity index is 606. The van der Waals surface area contributed by atoms with Gasteiger partial charge in [-0.25, -0.2) is 4.79 Å². The van der Waals surface area contributed by atoms with Crippen LogP contribution in [-0.4, -0.2) is 43.2 Å². The Balaban J connectivity index is 2.42. The van der Waals surface area contributed by atoms with Crippen LogP contribution in [0, 0.1) is 0 Å². The van der Waals surface area contributed by atoms with Crippen LogP contribution >= 0.6 is 0 Å². The van der Waals surface area contributed by atoms with E-state index in [4.69, 9.17) is 4.74 Å². The number of ether oxygens (including phenoxy) is 1. The molecule has 6 heteroatoms. The summed E-state index contributed by atoms with van der Waals surface area (Å²) < 4.78 is 4.96. The third kappa shape index (κ3) is 3.10. The number of anilines is 1. The van der Waals surface area contributed by atoms with Crippen molar-refractivity contribution >= 4 is 23.3 Å². The zero-order valence-electron chi connectivity index (χ0n) is 12.2. The van der Waals surface area contributed by atoms with Crippen molar-refractivity contribution in [1.82, 2.24) is 4.90 Å². The summed E-state index contributed by atoms with van der Waals surface area (Å²) in [7, 11) is 3.54. The SMILES string of the molecule is CCOC(=O)C1=NN(c2ccccc2)C(=O)/C1=C\N(C)C. The summed E-state index contributed by atoms with van der Waals surface area (Å²) in [6.45, 7) is 1.94. The second kappa shape index (κ2) is 6.21. The first-order chi connectivity index (χ1) is 10.0. The van der Waals surface area contributed by atoms with Crippen LogP contribution in [-0.2, 0) is 14.3 Å². The Labute approximate surface area is 123 Å². The number of benzene rings is 1. The first-order valence-corrected chi connectivity index (χ1v) is 6.58. The van der Waals surface area contributed by atoms with Crippen LogP contribution in [0.15, 0.2) is 47.2 Å². The number of esters is 1. The minimum atomic E-state index is -0.600. The van der Waals surface area contributed by atoms with Gasteiger partial charge in [-0.15, -0.1) is 0 Å². The molecular formula is C15H17N3O3. The van der Waals surface area contributed by atoms with E-state index in [-0.39, 0.29) is 23.8 Å². The van der Waals surface area contributed by atoms with E-state index < -0.39 is 5.97 Å². The van der Waals surface area contributed by atoms with Crippen molar-refractivity contribution in [2.45, 2.75) is 6.92 Å². The second-order valence-electron chi connectivity index (χ2n) is 4.63. The number of para-hydroxylation sites is 1. The molecule has 0 bridgehead atoms. The van der Waals surface area contributed by atoms with Gasteiger partial charge in [0.2, 0.25) is 0 Å². The summed E-state index contributed by atoms with van der Waals surface area (Å²) >= 11 is 0. The fourth-order valence-electron chi connectivity index (χ4n) is 1.88. The van der Waals surface area contributed by atoms with Crippen molar-refractivity contribution in [2.75, 3.05) is 25.7 Å². The van der Waals surface area contributed by atoms with E-state index >= 15 is 0 Å². The number of hydrogen-bond acceptors (Lipinski definition) is 5. The van der Waals surface area contributed by atoms with Gasteiger partial charge in [0.05, 0.1) is 17.9 Å². The third-order valence-corrected chi connectivity index (χ3v) is 2.73. The molecule has 0 N–H and O–H groups in total. The second-order valence-corrected chi connectivity index (χ2v) is 4.63. The molecule has 110 valence electrons. The molecule has 0 unspecified atom stereocenters. The van der Waals surface area contributed by atoms with Gasteiger partial charge in [-0.05, 0) is 19.1 Å². The lowest BCUT2D eigenvalue weighted by atomic mass is 10.1. The van der Waals surface area contributed by atoms with E-state index in [9.17, 15) is 9.59 Å². The van der Waals surface area contributed by atoms with Crippen LogP contribution < -0.4 is 5.01 Å². The maximum atomic E-state index is 12.5. The van der Waals surface area contributed by atoms with Crippen molar-refractivity contribution in [3.8, 4) is 0 Å². The molecule has 2 rings (SSSR count). The van der Waals surface area contributed by atoms with Gasteiger partial charge in [-0.3, -0.25) is 4.79 Å². The molecule has 0 saturated heterocycles. The van der Waals surface area contributed by atoms with E-state index in [0.29, 0.717) is 5.69 Å². The predicted molar refractivity (Wildman–Crippen MR) is 79.8 cm³/mol. The topological polar surface area (TPSA) is 62.2 Å². The highest BCUT2D eigenvalue weighted by Crippen LogP contribution is 2.23. The summed E-state index contributed by atoms with van der Waals surface area (Å²) in [6.07, 6.45) is 1.57. The zero-order valence-corrected chi connectivity index (χ0v) is 12.2. The van der Waals surface area contributed by atoms with Gasteiger partial charge in [-0.2, -0.15) is 10.1 Å². The zero-order chi connectivity index (χ0) is 15.4. The monoisotopic (exact) mass is 287 g/mol. The number of hydrazone groups is 1. The van der Waals surface area contributed by atoms with E-state index in [1.807, 2.05) is 6.07 Å². The highest BCUT2D eigenvalue weighted by atomic mass is 16.5. The molecule has 1 amide bonds. The van der Waals surface area contributed by atoms with Gasteiger partial charge < -0.3 is 9.64 Å². The van der Waals surface area contributed by atoms with Crippen molar-refractivity contribution in [3.05, 3.63) is 42.1 Å². The third-order valence-electron chi connectivity index (χ3n) is 2.73. The molecule has 0 aromatic heterocycles. The Morgan fingerprint density at radius 1 is 1.33 bits per heavy atom. The van der Waals surface area contributed by atoms with Crippen molar-refractivity contribution in [2.24, 2.45) is 5.10 Å². The molecule has 0 saturated carbocycles. The quantitative estimate of drug-likeness (QED) is 0.620. The Kier molecular flexibility index (Phi) is 4.37. The predicted octanol–water partition coefficient (Wildman–Crippen LogP) is 1.40. The molecule has 0 atom stereocenters. The molecule has 0 radical (unpaired) electrons. The summed E-state index contributed by atoms with van der Waals surface area (Å²) in [4.78, 5) is 26.1. The molecule has 0 spiro atoms. The van der Waals surface area contributed by atoms with Crippen LogP contribution in [0.4, 0.5) is 5.69 Å². The first-order valence-electron chi connectivity index (χ1n) is 6.58. The van der Waals surface area contributed by atoms with Gasteiger partial charge in [0.15, 0.2) is 5.71 Å². The van der Waals surface area contributed by atoms with Gasteiger partial charge in [0.25, 0.3) is 5.91 Å². The van der Waals surface area contributed by atoms with Gasteiger partial charge in [0.1, 0.15) is 0 Å². The van der Waals surface area contributed by atoms with Crippen LogP contribution in [0.3, 0.4) is 0 Å². The van der Waals surface area contributed by atoms with Crippen molar-refractivity contribution in [1.29, 1.82) is 0 Å². The van der Waals surface area contributed by atoms with Crippen LogP contribution in [0.1, 0.15) is 6.92 Å². The van der Waals surface area contributed by atoms with Crippen molar-refractivity contribution < 1.29 is 14.3 Å².